The van der Waals surface area contributed by atoms with Crippen molar-refractivity contribution in [2.45, 2.75) is 20.0 Å². The molecular weight excluding hydrogens is 276 g/mol. The van der Waals surface area contributed by atoms with Gasteiger partial charge in [0.2, 0.25) is 0 Å². The SMILES string of the molecule is Cc1ncsc1CCOCc1cc(C#CCN)cs1. The molecule has 5 heteroatoms. The van der Waals surface area contributed by atoms with Gasteiger partial charge in [0.25, 0.3) is 0 Å². The highest BCUT2D eigenvalue weighted by Gasteiger charge is 2.02. The van der Waals surface area contributed by atoms with Crippen molar-refractivity contribution in [3.05, 3.63) is 38.0 Å². The van der Waals surface area contributed by atoms with Gasteiger partial charge < -0.3 is 10.5 Å². The van der Waals surface area contributed by atoms with E-state index in [4.69, 9.17) is 10.5 Å². The second-order valence-electron chi connectivity index (χ2n) is 3.97. The molecule has 2 aromatic rings. The van der Waals surface area contributed by atoms with E-state index in [1.54, 1.807) is 22.7 Å². The molecule has 2 N–H and O–H groups in total. The molecule has 0 bridgehead atoms. The molecule has 0 atom stereocenters. The van der Waals surface area contributed by atoms with Crippen LogP contribution in [0.15, 0.2) is 17.0 Å². The van der Waals surface area contributed by atoms with Gasteiger partial charge in [-0.25, -0.2) is 4.98 Å². The molecule has 100 valence electrons. The number of thiophene rings is 1. The van der Waals surface area contributed by atoms with Crippen molar-refractivity contribution in [3.63, 3.8) is 0 Å². The summed E-state index contributed by atoms with van der Waals surface area (Å²) in [4.78, 5) is 6.73. The zero-order valence-corrected chi connectivity index (χ0v) is 12.4. The molecule has 0 aliphatic carbocycles. The van der Waals surface area contributed by atoms with E-state index >= 15 is 0 Å². The molecule has 0 amide bonds. The van der Waals surface area contributed by atoms with Crippen LogP contribution >= 0.6 is 22.7 Å². The van der Waals surface area contributed by atoms with Crippen LogP contribution in [0.4, 0.5) is 0 Å². The van der Waals surface area contributed by atoms with Crippen LogP contribution in [0.25, 0.3) is 0 Å². The minimum atomic E-state index is 0.399. The van der Waals surface area contributed by atoms with Crippen LogP contribution in [-0.2, 0) is 17.8 Å². The fourth-order valence-corrected chi connectivity index (χ4v) is 3.09. The van der Waals surface area contributed by atoms with Gasteiger partial charge >= 0.3 is 0 Å². The highest BCUT2D eigenvalue weighted by molar-refractivity contribution is 7.10. The van der Waals surface area contributed by atoms with E-state index in [-0.39, 0.29) is 0 Å². The largest absolute Gasteiger partial charge is 0.376 e. The Kier molecular flexibility index (Phi) is 5.55. The van der Waals surface area contributed by atoms with Crippen molar-refractivity contribution in [1.82, 2.24) is 4.98 Å². The van der Waals surface area contributed by atoms with Gasteiger partial charge in [-0.15, -0.1) is 22.7 Å². The molecule has 0 fully saturated rings. The molecule has 0 aliphatic heterocycles. The quantitative estimate of drug-likeness (QED) is 0.680. The summed E-state index contributed by atoms with van der Waals surface area (Å²) < 4.78 is 5.68. The van der Waals surface area contributed by atoms with Gasteiger partial charge in [0.1, 0.15) is 0 Å². The van der Waals surface area contributed by atoms with Crippen LogP contribution in [0.2, 0.25) is 0 Å². The van der Waals surface area contributed by atoms with E-state index in [1.165, 1.54) is 9.75 Å². The number of aromatic nitrogens is 1. The summed E-state index contributed by atoms with van der Waals surface area (Å²) in [7, 11) is 0. The van der Waals surface area contributed by atoms with E-state index in [9.17, 15) is 0 Å². The summed E-state index contributed by atoms with van der Waals surface area (Å²) in [5.74, 6) is 5.87. The first-order valence-corrected chi connectivity index (χ1v) is 7.78. The van der Waals surface area contributed by atoms with E-state index in [0.717, 1.165) is 24.3 Å². The molecular formula is C14H16N2OS2. The Labute approximate surface area is 121 Å². The van der Waals surface area contributed by atoms with Crippen molar-refractivity contribution in [1.29, 1.82) is 0 Å². The molecule has 0 aliphatic rings. The average Bonchev–Trinajstić information content (AvgIpc) is 3.02. The smallest absolute Gasteiger partial charge is 0.0809 e. The fraction of sp³-hybridized carbons (Fsp3) is 0.357. The van der Waals surface area contributed by atoms with E-state index < -0.39 is 0 Å². The van der Waals surface area contributed by atoms with Crippen molar-refractivity contribution >= 4 is 22.7 Å². The molecule has 2 heterocycles. The predicted octanol–water partition coefficient (Wildman–Crippen LogP) is 2.58. The summed E-state index contributed by atoms with van der Waals surface area (Å²) in [5, 5.41) is 2.04. The van der Waals surface area contributed by atoms with Crippen molar-refractivity contribution in [2.75, 3.05) is 13.2 Å². The van der Waals surface area contributed by atoms with E-state index in [1.807, 2.05) is 17.8 Å². The summed E-state index contributed by atoms with van der Waals surface area (Å²) in [6, 6.07) is 2.06. The lowest BCUT2D eigenvalue weighted by Gasteiger charge is -2.01. The lowest BCUT2D eigenvalue weighted by Crippen LogP contribution is -1.97. The Hall–Kier alpha value is -1.19. The van der Waals surface area contributed by atoms with Crippen LogP contribution in [0.3, 0.4) is 0 Å². The molecule has 0 spiro atoms. The summed E-state index contributed by atoms with van der Waals surface area (Å²) in [6.45, 7) is 3.81. The number of nitrogens with two attached hydrogens (primary N) is 1. The van der Waals surface area contributed by atoms with Gasteiger partial charge in [0, 0.05) is 27.1 Å². The maximum atomic E-state index is 5.68. The van der Waals surface area contributed by atoms with Crippen LogP contribution in [0.1, 0.15) is 21.0 Å². The summed E-state index contributed by atoms with van der Waals surface area (Å²) >= 11 is 3.36. The summed E-state index contributed by atoms with van der Waals surface area (Å²) in [5.41, 5.74) is 9.36. The number of thiazole rings is 1. The van der Waals surface area contributed by atoms with Crippen LogP contribution < -0.4 is 5.73 Å². The summed E-state index contributed by atoms with van der Waals surface area (Å²) in [6.07, 6.45) is 0.932. The number of hydrogen-bond acceptors (Lipinski definition) is 5. The lowest BCUT2D eigenvalue weighted by atomic mass is 10.3. The normalized spacial score (nSPS) is 10.2. The third-order valence-corrected chi connectivity index (χ3v) is 4.46. The molecule has 0 radical (unpaired) electrons. The molecule has 2 aromatic heterocycles. The molecule has 0 saturated carbocycles. The van der Waals surface area contributed by atoms with Gasteiger partial charge in [-0.05, 0) is 13.0 Å². The van der Waals surface area contributed by atoms with Gasteiger partial charge in [-0.3, -0.25) is 0 Å². The van der Waals surface area contributed by atoms with Crippen LogP contribution in [0, 0.1) is 18.8 Å². The number of hydrogen-bond donors (Lipinski definition) is 1. The number of ether oxygens (including phenoxy) is 1. The fourth-order valence-electron chi connectivity index (χ4n) is 1.58. The van der Waals surface area contributed by atoms with Crippen molar-refractivity contribution in [3.8, 4) is 11.8 Å². The Morgan fingerprint density at radius 3 is 3.05 bits per heavy atom. The minimum absolute atomic E-state index is 0.399. The molecule has 19 heavy (non-hydrogen) atoms. The topological polar surface area (TPSA) is 48.1 Å². The number of nitrogens with zero attached hydrogens (tertiary/aromatic N) is 1. The third kappa shape index (κ3) is 4.44. The average molecular weight is 292 g/mol. The monoisotopic (exact) mass is 292 g/mol. The molecule has 0 saturated heterocycles. The first-order chi connectivity index (χ1) is 9.29. The number of aryl methyl sites for hydroxylation is 1. The second kappa shape index (κ2) is 7.41. The Bertz CT molecular complexity index is 578. The predicted molar refractivity (Wildman–Crippen MR) is 80.5 cm³/mol. The van der Waals surface area contributed by atoms with Crippen molar-refractivity contribution in [2.24, 2.45) is 5.73 Å². The first kappa shape index (κ1) is 14.2. The minimum Gasteiger partial charge on any atom is -0.376 e. The third-order valence-electron chi connectivity index (χ3n) is 2.55. The molecule has 2 rings (SSSR count). The first-order valence-electron chi connectivity index (χ1n) is 6.02. The zero-order chi connectivity index (χ0) is 13.5. The Morgan fingerprint density at radius 2 is 2.32 bits per heavy atom. The highest BCUT2D eigenvalue weighted by Crippen LogP contribution is 2.16. The van der Waals surface area contributed by atoms with Gasteiger partial charge in [0.15, 0.2) is 0 Å². The lowest BCUT2D eigenvalue weighted by molar-refractivity contribution is 0.126. The second-order valence-corrected chi connectivity index (χ2v) is 5.91. The van der Waals surface area contributed by atoms with Crippen LogP contribution in [-0.4, -0.2) is 18.1 Å². The highest BCUT2D eigenvalue weighted by atomic mass is 32.1. The van der Waals surface area contributed by atoms with Gasteiger partial charge in [-0.1, -0.05) is 11.8 Å². The molecule has 0 aromatic carbocycles. The standard InChI is InChI=1S/C14H16N2OS2/c1-11-14(19-10-16-11)4-6-17-8-13-7-12(9-18-13)3-2-5-15/h7,9-10H,4-6,8,15H2,1H3. The Balaban J connectivity index is 1.74. The van der Waals surface area contributed by atoms with E-state index in [2.05, 4.69) is 22.9 Å². The van der Waals surface area contributed by atoms with Crippen molar-refractivity contribution < 1.29 is 4.74 Å². The van der Waals surface area contributed by atoms with Gasteiger partial charge in [-0.2, -0.15) is 0 Å². The Morgan fingerprint density at radius 1 is 1.42 bits per heavy atom. The van der Waals surface area contributed by atoms with E-state index in [0.29, 0.717) is 13.2 Å². The maximum absolute atomic E-state index is 5.68. The van der Waals surface area contributed by atoms with Gasteiger partial charge in [0.05, 0.1) is 31.0 Å². The molecule has 3 nitrogen and oxygen atoms in total. The number of rotatable bonds is 5. The van der Waals surface area contributed by atoms with Crippen LogP contribution in [0.5, 0.6) is 0 Å². The zero-order valence-electron chi connectivity index (χ0n) is 10.8. The maximum Gasteiger partial charge on any atom is 0.0809 e. The molecule has 0 unspecified atom stereocenters.